The zero-order chi connectivity index (χ0) is 14.1. The molecule has 3 aromatic rings. The molecule has 0 atom stereocenters. The van der Waals surface area contributed by atoms with Gasteiger partial charge in [-0.2, -0.15) is 0 Å². The molecule has 1 aliphatic carbocycles. The minimum absolute atomic E-state index is 0.714. The molecular weight excluding hydrogens is 254 g/mol. The van der Waals surface area contributed by atoms with Gasteiger partial charge in [0.25, 0.3) is 0 Å². The number of hydrogen-bond donors (Lipinski definition) is 0. The molecule has 1 aromatic heterocycles. The highest BCUT2D eigenvalue weighted by Crippen LogP contribution is 2.37. The fourth-order valence-electron chi connectivity index (χ4n) is 3.74. The number of nitrogens with zero attached hydrogens (tertiary/aromatic N) is 1. The monoisotopic (exact) mass is 275 g/mol. The van der Waals surface area contributed by atoms with Crippen LogP contribution in [0.5, 0.6) is 0 Å². The molecule has 1 nitrogen and oxygen atoms in total. The minimum Gasteiger partial charge on any atom is -0.313 e. The second kappa shape index (κ2) is 5.40. The smallest absolute Gasteiger partial charge is 0.0531 e. The Bertz CT molecular complexity index is 733. The van der Waals surface area contributed by atoms with Crippen LogP contribution in [0.15, 0.2) is 60.7 Å². The fraction of sp³-hybridized carbons (Fsp3) is 0.300. The highest BCUT2D eigenvalue weighted by atomic mass is 15.0. The van der Waals surface area contributed by atoms with Crippen LogP contribution in [0.2, 0.25) is 0 Å². The average molecular weight is 275 g/mol. The number of benzene rings is 2. The first kappa shape index (κ1) is 12.7. The second-order valence-corrected chi connectivity index (χ2v) is 6.13. The van der Waals surface area contributed by atoms with E-state index >= 15 is 0 Å². The molecule has 0 spiro atoms. The first-order valence-electron chi connectivity index (χ1n) is 8.09. The van der Waals surface area contributed by atoms with Crippen molar-refractivity contribution in [2.24, 2.45) is 0 Å². The molecule has 2 aromatic carbocycles. The van der Waals surface area contributed by atoms with Gasteiger partial charge in [0.2, 0.25) is 0 Å². The third kappa shape index (κ3) is 2.27. The Hall–Kier alpha value is -2.02. The van der Waals surface area contributed by atoms with Crippen molar-refractivity contribution in [3.8, 4) is 5.69 Å². The molecule has 21 heavy (non-hydrogen) atoms. The number of fused-ring (bicyclic) bond motifs is 1. The Morgan fingerprint density at radius 2 is 1.48 bits per heavy atom. The van der Waals surface area contributed by atoms with E-state index < -0.39 is 0 Å². The minimum atomic E-state index is 0.714. The standard InChI is InChI=1S/C20H21N/c1-3-9-16(10-4-1)20-15-17-11-7-8-14-19(17)21(20)18-12-5-2-6-13-18/h2,5-8,11-16H,1,3-4,9-10H2. The van der Waals surface area contributed by atoms with Crippen LogP contribution in [0, 0.1) is 0 Å². The summed E-state index contributed by atoms with van der Waals surface area (Å²) in [6.45, 7) is 0. The maximum absolute atomic E-state index is 2.48. The fourth-order valence-corrected chi connectivity index (χ4v) is 3.74. The first-order chi connectivity index (χ1) is 10.4. The second-order valence-electron chi connectivity index (χ2n) is 6.13. The van der Waals surface area contributed by atoms with E-state index in [-0.39, 0.29) is 0 Å². The van der Waals surface area contributed by atoms with Crippen molar-refractivity contribution >= 4 is 10.9 Å². The van der Waals surface area contributed by atoms with Crippen molar-refractivity contribution in [1.29, 1.82) is 0 Å². The van der Waals surface area contributed by atoms with Gasteiger partial charge in [0.15, 0.2) is 0 Å². The van der Waals surface area contributed by atoms with Crippen LogP contribution in [-0.2, 0) is 0 Å². The van der Waals surface area contributed by atoms with Gasteiger partial charge in [-0.15, -0.1) is 0 Å². The molecule has 1 aliphatic rings. The Morgan fingerprint density at radius 1 is 0.762 bits per heavy atom. The van der Waals surface area contributed by atoms with E-state index in [4.69, 9.17) is 0 Å². The van der Waals surface area contributed by atoms with Crippen molar-refractivity contribution < 1.29 is 0 Å². The normalized spacial score (nSPS) is 16.4. The van der Waals surface area contributed by atoms with Crippen molar-refractivity contribution in [1.82, 2.24) is 4.57 Å². The van der Waals surface area contributed by atoms with Crippen molar-refractivity contribution in [3.05, 3.63) is 66.4 Å². The molecule has 0 saturated heterocycles. The number of rotatable bonds is 2. The lowest BCUT2D eigenvalue weighted by Crippen LogP contribution is -2.09. The quantitative estimate of drug-likeness (QED) is 0.567. The highest BCUT2D eigenvalue weighted by molar-refractivity contribution is 5.83. The Balaban J connectivity index is 1.92. The van der Waals surface area contributed by atoms with Gasteiger partial charge in [0.1, 0.15) is 0 Å². The van der Waals surface area contributed by atoms with Crippen LogP contribution in [0.25, 0.3) is 16.6 Å². The largest absolute Gasteiger partial charge is 0.313 e. The summed E-state index contributed by atoms with van der Waals surface area (Å²) in [5.74, 6) is 0.714. The molecule has 0 radical (unpaired) electrons. The summed E-state index contributed by atoms with van der Waals surface area (Å²) in [6.07, 6.45) is 6.83. The Labute approximate surface area is 126 Å². The third-order valence-corrected chi connectivity index (χ3v) is 4.78. The molecule has 1 heterocycles. The molecule has 1 fully saturated rings. The number of aromatic nitrogens is 1. The summed E-state index contributed by atoms with van der Waals surface area (Å²) in [5, 5.41) is 1.36. The van der Waals surface area contributed by atoms with Gasteiger partial charge in [0.05, 0.1) is 5.52 Å². The molecule has 1 heteroatoms. The van der Waals surface area contributed by atoms with E-state index in [1.807, 2.05) is 0 Å². The lowest BCUT2D eigenvalue weighted by atomic mass is 9.87. The van der Waals surface area contributed by atoms with Crippen molar-refractivity contribution in [3.63, 3.8) is 0 Å². The van der Waals surface area contributed by atoms with Gasteiger partial charge >= 0.3 is 0 Å². The number of hydrogen-bond acceptors (Lipinski definition) is 0. The van der Waals surface area contributed by atoms with Gasteiger partial charge in [-0.25, -0.2) is 0 Å². The predicted molar refractivity (Wildman–Crippen MR) is 89.1 cm³/mol. The van der Waals surface area contributed by atoms with E-state index in [9.17, 15) is 0 Å². The molecule has 1 saturated carbocycles. The van der Waals surface area contributed by atoms with Crippen LogP contribution < -0.4 is 0 Å². The lowest BCUT2D eigenvalue weighted by molar-refractivity contribution is 0.434. The zero-order valence-electron chi connectivity index (χ0n) is 12.3. The van der Waals surface area contributed by atoms with Crippen LogP contribution in [0.4, 0.5) is 0 Å². The van der Waals surface area contributed by atoms with Gasteiger partial charge in [-0.3, -0.25) is 0 Å². The summed E-state index contributed by atoms with van der Waals surface area (Å²) < 4.78 is 2.48. The van der Waals surface area contributed by atoms with E-state index in [0.29, 0.717) is 5.92 Å². The molecule has 0 bridgehead atoms. The molecule has 4 rings (SSSR count). The summed E-state index contributed by atoms with van der Waals surface area (Å²) in [5.41, 5.74) is 4.13. The van der Waals surface area contributed by atoms with Gasteiger partial charge in [-0.1, -0.05) is 55.7 Å². The maximum Gasteiger partial charge on any atom is 0.0531 e. The predicted octanol–water partition coefficient (Wildman–Crippen LogP) is 5.68. The Morgan fingerprint density at radius 3 is 2.29 bits per heavy atom. The molecular formula is C20H21N. The maximum atomic E-state index is 2.48. The zero-order valence-corrected chi connectivity index (χ0v) is 12.3. The summed E-state index contributed by atoms with van der Waals surface area (Å²) >= 11 is 0. The Kier molecular flexibility index (Phi) is 3.27. The van der Waals surface area contributed by atoms with E-state index in [1.165, 1.54) is 54.4 Å². The summed E-state index contributed by atoms with van der Waals surface area (Å²) in [6, 6.07) is 22.0. The van der Waals surface area contributed by atoms with Crippen molar-refractivity contribution in [2.45, 2.75) is 38.0 Å². The van der Waals surface area contributed by atoms with Crippen LogP contribution in [0.1, 0.15) is 43.7 Å². The highest BCUT2D eigenvalue weighted by Gasteiger charge is 2.21. The molecule has 0 unspecified atom stereocenters. The first-order valence-corrected chi connectivity index (χ1v) is 8.09. The van der Waals surface area contributed by atoms with Gasteiger partial charge in [-0.05, 0) is 43.0 Å². The molecule has 0 aliphatic heterocycles. The molecule has 0 amide bonds. The van der Waals surface area contributed by atoms with Crippen LogP contribution in [-0.4, -0.2) is 4.57 Å². The number of para-hydroxylation sites is 2. The SMILES string of the molecule is c1ccc(-n2c(C3CCCCC3)cc3ccccc32)cc1. The summed E-state index contributed by atoms with van der Waals surface area (Å²) in [4.78, 5) is 0. The average Bonchev–Trinajstić information content (AvgIpc) is 2.96. The van der Waals surface area contributed by atoms with Crippen LogP contribution >= 0.6 is 0 Å². The lowest BCUT2D eigenvalue weighted by Gasteiger charge is -2.23. The van der Waals surface area contributed by atoms with Gasteiger partial charge < -0.3 is 4.57 Å². The van der Waals surface area contributed by atoms with Crippen molar-refractivity contribution in [2.75, 3.05) is 0 Å². The van der Waals surface area contributed by atoms with E-state index in [0.717, 1.165) is 0 Å². The van der Waals surface area contributed by atoms with E-state index in [1.54, 1.807) is 0 Å². The van der Waals surface area contributed by atoms with Gasteiger partial charge in [0, 0.05) is 16.8 Å². The molecule has 106 valence electrons. The van der Waals surface area contributed by atoms with Crippen LogP contribution in [0.3, 0.4) is 0 Å². The van der Waals surface area contributed by atoms with E-state index in [2.05, 4.69) is 65.2 Å². The summed E-state index contributed by atoms with van der Waals surface area (Å²) in [7, 11) is 0. The molecule has 0 N–H and O–H groups in total. The third-order valence-electron chi connectivity index (χ3n) is 4.78. The topological polar surface area (TPSA) is 4.93 Å².